The van der Waals surface area contributed by atoms with Crippen LogP contribution in [0.5, 0.6) is 0 Å². The third-order valence-corrected chi connectivity index (χ3v) is 4.15. The SMILES string of the molecule is CC1=C(C(=O)NC(C(=O)O)c2ccc(C)c(C)c2)CCC1. The van der Waals surface area contributed by atoms with Crippen molar-refractivity contribution in [3.63, 3.8) is 0 Å². The molecule has 1 atom stereocenters. The zero-order valence-electron chi connectivity index (χ0n) is 12.7. The Balaban J connectivity index is 2.24. The van der Waals surface area contributed by atoms with Gasteiger partial charge in [0, 0.05) is 5.57 Å². The number of hydrogen-bond acceptors (Lipinski definition) is 2. The van der Waals surface area contributed by atoms with E-state index in [4.69, 9.17) is 0 Å². The van der Waals surface area contributed by atoms with Crippen LogP contribution in [-0.4, -0.2) is 17.0 Å². The third kappa shape index (κ3) is 3.32. The van der Waals surface area contributed by atoms with E-state index in [1.807, 2.05) is 32.9 Å². The monoisotopic (exact) mass is 287 g/mol. The average molecular weight is 287 g/mol. The Bertz CT molecular complexity index is 616. The van der Waals surface area contributed by atoms with Crippen LogP contribution < -0.4 is 5.32 Å². The summed E-state index contributed by atoms with van der Waals surface area (Å²) in [6.07, 6.45) is 2.62. The predicted molar refractivity (Wildman–Crippen MR) is 81.0 cm³/mol. The van der Waals surface area contributed by atoms with Gasteiger partial charge in [-0.2, -0.15) is 0 Å². The zero-order chi connectivity index (χ0) is 15.6. The van der Waals surface area contributed by atoms with Crippen molar-refractivity contribution in [2.45, 2.75) is 46.1 Å². The molecule has 0 aromatic heterocycles. The Labute approximate surface area is 124 Å². The van der Waals surface area contributed by atoms with Crippen LogP contribution in [0.15, 0.2) is 29.3 Å². The van der Waals surface area contributed by atoms with E-state index in [-0.39, 0.29) is 5.91 Å². The first-order chi connectivity index (χ1) is 9.90. The maximum atomic E-state index is 12.3. The van der Waals surface area contributed by atoms with Gasteiger partial charge in [-0.25, -0.2) is 4.79 Å². The Morgan fingerprint density at radius 1 is 1.14 bits per heavy atom. The minimum Gasteiger partial charge on any atom is -0.479 e. The normalized spacial score (nSPS) is 16.0. The third-order valence-electron chi connectivity index (χ3n) is 4.15. The number of carbonyl (C=O) groups is 2. The molecule has 1 amide bonds. The fourth-order valence-corrected chi connectivity index (χ4v) is 2.65. The van der Waals surface area contributed by atoms with Crippen LogP contribution >= 0.6 is 0 Å². The first kappa shape index (κ1) is 15.3. The number of aliphatic carboxylic acids is 1. The number of carbonyl (C=O) groups excluding carboxylic acids is 1. The number of rotatable bonds is 4. The summed E-state index contributed by atoms with van der Waals surface area (Å²) in [4.78, 5) is 23.8. The molecule has 1 aromatic carbocycles. The minimum atomic E-state index is -1.04. The van der Waals surface area contributed by atoms with Crippen LogP contribution in [0.1, 0.15) is 48.9 Å². The summed E-state index contributed by atoms with van der Waals surface area (Å²) in [6.45, 7) is 5.84. The van der Waals surface area contributed by atoms with Crippen molar-refractivity contribution < 1.29 is 14.7 Å². The van der Waals surface area contributed by atoms with Crippen LogP contribution in [0.25, 0.3) is 0 Å². The van der Waals surface area contributed by atoms with E-state index >= 15 is 0 Å². The molecule has 1 aromatic rings. The number of benzene rings is 1. The zero-order valence-corrected chi connectivity index (χ0v) is 12.7. The second kappa shape index (κ2) is 6.12. The number of aryl methyl sites for hydroxylation is 2. The molecule has 0 saturated heterocycles. The van der Waals surface area contributed by atoms with Crippen molar-refractivity contribution in [2.75, 3.05) is 0 Å². The number of amides is 1. The summed E-state index contributed by atoms with van der Waals surface area (Å²) in [5.74, 6) is -1.29. The molecular weight excluding hydrogens is 266 g/mol. The number of allylic oxidation sites excluding steroid dienone is 1. The number of carboxylic acids is 1. The highest BCUT2D eigenvalue weighted by Crippen LogP contribution is 2.26. The molecule has 0 saturated carbocycles. The van der Waals surface area contributed by atoms with Crippen molar-refractivity contribution in [3.05, 3.63) is 46.0 Å². The van der Waals surface area contributed by atoms with Gasteiger partial charge in [0.25, 0.3) is 0 Å². The molecule has 0 aliphatic heterocycles. The molecule has 0 radical (unpaired) electrons. The van der Waals surface area contributed by atoms with Gasteiger partial charge in [-0.3, -0.25) is 4.79 Å². The van der Waals surface area contributed by atoms with E-state index in [0.29, 0.717) is 5.56 Å². The molecule has 4 heteroatoms. The Kier molecular flexibility index (Phi) is 4.46. The lowest BCUT2D eigenvalue weighted by Gasteiger charge is -2.17. The molecule has 112 valence electrons. The second-order valence-corrected chi connectivity index (χ2v) is 5.70. The smallest absolute Gasteiger partial charge is 0.330 e. The summed E-state index contributed by atoms with van der Waals surface area (Å²) in [5, 5.41) is 12.1. The molecule has 0 heterocycles. The number of carboxylic acid groups (broad SMARTS) is 1. The lowest BCUT2D eigenvalue weighted by atomic mass is 10.0. The van der Waals surface area contributed by atoms with Crippen molar-refractivity contribution in [2.24, 2.45) is 0 Å². The van der Waals surface area contributed by atoms with Gasteiger partial charge < -0.3 is 10.4 Å². The summed E-state index contributed by atoms with van der Waals surface area (Å²) >= 11 is 0. The van der Waals surface area contributed by atoms with Crippen LogP contribution in [-0.2, 0) is 9.59 Å². The summed E-state index contributed by atoms with van der Waals surface area (Å²) in [7, 11) is 0. The van der Waals surface area contributed by atoms with Gasteiger partial charge in [-0.1, -0.05) is 23.8 Å². The molecule has 0 fully saturated rings. The van der Waals surface area contributed by atoms with Gasteiger partial charge in [0.1, 0.15) is 0 Å². The van der Waals surface area contributed by atoms with Gasteiger partial charge in [0.05, 0.1) is 0 Å². The predicted octanol–water partition coefficient (Wildman–Crippen LogP) is 3.05. The van der Waals surface area contributed by atoms with Crippen molar-refractivity contribution >= 4 is 11.9 Å². The van der Waals surface area contributed by atoms with Crippen molar-refractivity contribution in [3.8, 4) is 0 Å². The molecule has 2 N–H and O–H groups in total. The highest BCUT2D eigenvalue weighted by atomic mass is 16.4. The molecule has 4 nitrogen and oxygen atoms in total. The Morgan fingerprint density at radius 3 is 2.38 bits per heavy atom. The molecular formula is C17H21NO3. The summed E-state index contributed by atoms with van der Waals surface area (Å²) in [6, 6.07) is 4.46. The van der Waals surface area contributed by atoms with E-state index in [0.717, 1.165) is 41.5 Å². The van der Waals surface area contributed by atoms with E-state index in [1.165, 1.54) is 0 Å². The lowest BCUT2D eigenvalue weighted by molar-refractivity contribution is -0.141. The van der Waals surface area contributed by atoms with E-state index < -0.39 is 12.0 Å². The fourth-order valence-electron chi connectivity index (χ4n) is 2.65. The van der Waals surface area contributed by atoms with Gasteiger partial charge >= 0.3 is 5.97 Å². The fraction of sp³-hybridized carbons (Fsp3) is 0.412. The summed E-state index contributed by atoms with van der Waals surface area (Å²) < 4.78 is 0. The summed E-state index contributed by atoms with van der Waals surface area (Å²) in [5.41, 5.74) is 4.53. The van der Waals surface area contributed by atoms with Crippen LogP contribution in [0, 0.1) is 13.8 Å². The van der Waals surface area contributed by atoms with Crippen LogP contribution in [0.2, 0.25) is 0 Å². The van der Waals surface area contributed by atoms with Gasteiger partial charge in [0.15, 0.2) is 6.04 Å². The Morgan fingerprint density at radius 2 is 1.86 bits per heavy atom. The van der Waals surface area contributed by atoms with Crippen LogP contribution in [0.3, 0.4) is 0 Å². The maximum Gasteiger partial charge on any atom is 0.330 e. The first-order valence-electron chi connectivity index (χ1n) is 7.19. The quantitative estimate of drug-likeness (QED) is 0.894. The van der Waals surface area contributed by atoms with Crippen molar-refractivity contribution in [1.29, 1.82) is 0 Å². The largest absolute Gasteiger partial charge is 0.479 e. The van der Waals surface area contributed by atoms with Crippen molar-refractivity contribution in [1.82, 2.24) is 5.32 Å². The molecule has 1 aliphatic carbocycles. The molecule has 0 bridgehead atoms. The van der Waals surface area contributed by atoms with Crippen LogP contribution in [0.4, 0.5) is 0 Å². The standard InChI is InChI=1S/C17H21NO3/c1-10-7-8-13(9-12(10)3)15(17(20)21)18-16(19)14-6-4-5-11(14)2/h7-9,15H,4-6H2,1-3H3,(H,18,19)(H,20,21). The minimum absolute atomic E-state index is 0.254. The second-order valence-electron chi connectivity index (χ2n) is 5.70. The lowest BCUT2D eigenvalue weighted by Crippen LogP contribution is -2.34. The molecule has 2 rings (SSSR count). The Hall–Kier alpha value is -2.10. The molecule has 0 spiro atoms. The maximum absolute atomic E-state index is 12.3. The van der Waals surface area contributed by atoms with E-state index in [1.54, 1.807) is 6.07 Å². The molecule has 21 heavy (non-hydrogen) atoms. The highest BCUT2D eigenvalue weighted by Gasteiger charge is 2.26. The van der Waals surface area contributed by atoms with E-state index in [9.17, 15) is 14.7 Å². The van der Waals surface area contributed by atoms with E-state index in [2.05, 4.69) is 5.32 Å². The topological polar surface area (TPSA) is 66.4 Å². The first-order valence-corrected chi connectivity index (χ1v) is 7.19. The van der Waals surface area contributed by atoms with Gasteiger partial charge in [-0.05, 0) is 56.7 Å². The number of nitrogens with one attached hydrogen (secondary N) is 1. The molecule has 1 unspecified atom stereocenters. The number of hydrogen-bond donors (Lipinski definition) is 2. The van der Waals surface area contributed by atoms with Gasteiger partial charge in [-0.15, -0.1) is 0 Å². The highest BCUT2D eigenvalue weighted by molar-refractivity contribution is 5.97. The average Bonchev–Trinajstić information content (AvgIpc) is 2.85. The molecule has 1 aliphatic rings. The van der Waals surface area contributed by atoms with Gasteiger partial charge in [0.2, 0.25) is 5.91 Å².